The van der Waals surface area contributed by atoms with Crippen molar-refractivity contribution >= 4 is 62.3 Å². The number of carbonyl (C=O) groups excluding carboxylic acids is 3. The smallest absolute Gasteiger partial charge is 0.348 e. The van der Waals surface area contributed by atoms with E-state index in [1.165, 1.54) is 11.3 Å². The molecular weight excluding hydrogens is 685 g/mol. The molecule has 2 aromatic carbocycles. The molecule has 1 aliphatic heterocycles. The largest absolute Gasteiger partial charge is 0.456 e. The molecule has 1 aromatic heterocycles. The van der Waals surface area contributed by atoms with Gasteiger partial charge in [0.05, 0.1) is 18.2 Å². The minimum Gasteiger partial charge on any atom is -0.456 e. The van der Waals surface area contributed by atoms with E-state index in [1.807, 2.05) is 0 Å². The molecule has 10 nitrogen and oxygen atoms in total. The number of carbonyl (C=O) groups is 3. The Labute approximate surface area is 288 Å². The number of esters is 1. The van der Waals surface area contributed by atoms with Gasteiger partial charge in [-0.3, -0.25) is 14.4 Å². The Bertz CT molecular complexity index is 1770. The van der Waals surface area contributed by atoms with E-state index in [9.17, 15) is 22.8 Å². The minimum absolute atomic E-state index is 0.0304. The number of ether oxygens (including phenoxy) is 1. The summed E-state index contributed by atoms with van der Waals surface area (Å²) < 4.78 is 33.0. The molecule has 2 aliphatic rings. The summed E-state index contributed by atoms with van der Waals surface area (Å²) in [6.45, 7) is 5.34. The van der Waals surface area contributed by atoms with E-state index in [1.54, 1.807) is 79.6 Å². The van der Waals surface area contributed by atoms with E-state index in [0.717, 1.165) is 19.1 Å². The Balaban J connectivity index is 1.49. The van der Waals surface area contributed by atoms with Crippen LogP contribution in [-0.4, -0.2) is 55.0 Å². The van der Waals surface area contributed by atoms with Crippen LogP contribution in [0, 0.1) is 0 Å². The van der Waals surface area contributed by atoms with Crippen molar-refractivity contribution in [3.8, 4) is 0 Å². The second kappa shape index (κ2) is 14.2. The van der Waals surface area contributed by atoms with Crippen LogP contribution in [0.5, 0.6) is 0 Å². The zero-order valence-electron chi connectivity index (χ0n) is 26.4. The van der Waals surface area contributed by atoms with Crippen molar-refractivity contribution in [2.24, 2.45) is 0 Å². The Morgan fingerprint density at radius 2 is 1.77 bits per heavy atom. The molecule has 1 fully saturated rings. The predicted octanol–water partition coefficient (Wildman–Crippen LogP) is 6.40. The maximum absolute atomic E-state index is 14.4. The molecule has 1 aliphatic carbocycles. The molecule has 3 aromatic rings. The van der Waals surface area contributed by atoms with Crippen LogP contribution in [0.2, 0.25) is 10.0 Å². The summed E-state index contributed by atoms with van der Waals surface area (Å²) >= 11 is 14.2. The summed E-state index contributed by atoms with van der Waals surface area (Å²) in [6.07, 6.45) is 3.69. The average Bonchev–Trinajstić information content (AvgIpc) is 3.45. The average molecular weight is 723 g/mol. The van der Waals surface area contributed by atoms with Gasteiger partial charge in [0.1, 0.15) is 17.1 Å². The van der Waals surface area contributed by atoms with Gasteiger partial charge < -0.3 is 9.64 Å². The van der Waals surface area contributed by atoms with Gasteiger partial charge in [-0.05, 0) is 79.9 Å². The van der Waals surface area contributed by atoms with Crippen molar-refractivity contribution in [3.05, 3.63) is 91.1 Å². The SMILES string of the molecule is CC(C)(C)OC(=O)c1cc(CONC(=O)[C@@H]2c3ccccc3C(=O)N([C@H]3CCCC[C@@H]3NS(C)(=O)=O)[C@H]2c2ccc(Cl)cc2Cl)cs1. The normalized spacial score (nSPS) is 21.7. The van der Waals surface area contributed by atoms with E-state index in [2.05, 4.69) is 10.2 Å². The minimum atomic E-state index is -3.61. The lowest BCUT2D eigenvalue weighted by atomic mass is 9.76. The highest BCUT2D eigenvalue weighted by Gasteiger charge is 2.49. The molecule has 0 saturated heterocycles. The number of fused-ring (bicyclic) bond motifs is 1. The summed E-state index contributed by atoms with van der Waals surface area (Å²) in [5.74, 6) is -2.29. The molecule has 0 radical (unpaired) electrons. The molecule has 0 spiro atoms. The Kier molecular flexibility index (Phi) is 10.7. The van der Waals surface area contributed by atoms with Crippen LogP contribution in [0.15, 0.2) is 53.9 Å². The third-order valence-corrected chi connectivity index (χ3v) is 10.3. The molecule has 2 N–H and O–H groups in total. The van der Waals surface area contributed by atoms with Gasteiger partial charge in [0.25, 0.3) is 11.8 Å². The summed E-state index contributed by atoms with van der Waals surface area (Å²) in [5, 5.41) is 2.39. The fourth-order valence-corrected chi connectivity index (χ4v) is 8.39. The van der Waals surface area contributed by atoms with Crippen LogP contribution < -0.4 is 10.2 Å². The highest BCUT2D eigenvalue weighted by molar-refractivity contribution is 7.88. The lowest BCUT2D eigenvalue weighted by Crippen LogP contribution is -2.59. The molecule has 0 unspecified atom stereocenters. The number of nitrogens with one attached hydrogen (secondary N) is 2. The van der Waals surface area contributed by atoms with Crippen LogP contribution in [0.4, 0.5) is 0 Å². The quantitative estimate of drug-likeness (QED) is 0.193. The molecule has 0 bridgehead atoms. The molecule has 2 heterocycles. The maximum atomic E-state index is 14.4. The molecule has 1 saturated carbocycles. The molecule has 4 atom stereocenters. The summed E-state index contributed by atoms with van der Waals surface area (Å²) in [7, 11) is -3.61. The Morgan fingerprint density at radius 1 is 1.04 bits per heavy atom. The number of nitrogens with zero attached hydrogens (tertiary/aromatic N) is 1. The second-order valence-electron chi connectivity index (χ2n) is 12.8. The lowest BCUT2D eigenvalue weighted by Gasteiger charge is -2.49. The summed E-state index contributed by atoms with van der Waals surface area (Å²) in [4.78, 5) is 48.8. The first kappa shape index (κ1) is 35.3. The van der Waals surface area contributed by atoms with Gasteiger partial charge in [0.2, 0.25) is 10.0 Å². The van der Waals surface area contributed by atoms with Crippen LogP contribution in [0.3, 0.4) is 0 Å². The maximum Gasteiger partial charge on any atom is 0.348 e. The second-order valence-corrected chi connectivity index (χ2v) is 16.3. The third kappa shape index (κ3) is 8.36. The van der Waals surface area contributed by atoms with E-state index in [4.69, 9.17) is 32.8 Å². The van der Waals surface area contributed by atoms with E-state index >= 15 is 0 Å². The van der Waals surface area contributed by atoms with Gasteiger partial charge in [-0.2, -0.15) is 0 Å². The lowest BCUT2D eigenvalue weighted by molar-refractivity contribution is -0.138. The van der Waals surface area contributed by atoms with Crippen molar-refractivity contribution in [2.45, 2.75) is 82.7 Å². The van der Waals surface area contributed by atoms with Gasteiger partial charge in [-0.15, -0.1) is 11.3 Å². The van der Waals surface area contributed by atoms with Crippen molar-refractivity contribution < 1.29 is 32.4 Å². The number of thiophene rings is 1. The van der Waals surface area contributed by atoms with Crippen molar-refractivity contribution in [1.82, 2.24) is 15.1 Å². The first-order chi connectivity index (χ1) is 22.1. The summed E-state index contributed by atoms with van der Waals surface area (Å²) in [6, 6.07) is 11.3. The zero-order chi connectivity index (χ0) is 34.1. The summed E-state index contributed by atoms with van der Waals surface area (Å²) in [5.41, 5.74) is 3.89. The van der Waals surface area contributed by atoms with Crippen molar-refractivity contribution in [3.63, 3.8) is 0 Å². The number of hydrogen-bond donors (Lipinski definition) is 2. The molecule has 5 rings (SSSR count). The fourth-order valence-electron chi connectivity index (χ4n) is 6.27. The molecule has 14 heteroatoms. The van der Waals surface area contributed by atoms with Crippen molar-refractivity contribution in [1.29, 1.82) is 0 Å². The van der Waals surface area contributed by atoms with Gasteiger partial charge in [-0.1, -0.05) is 60.3 Å². The Morgan fingerprint density at radius 3 is 2.47 bits per heavy atom. The number of halogens is 2. The van der Waals surface area contributed by atoms with Crippen LogP contribution >= 0.6 is 34.5 Å². The standard InChI is InChI=1S/C33H37Cl2N3O7S2/c1-33(2,3)45-32(41)27-15-19(18-46-27)17-44-36-30(39)28-21-9-5-6-10-22(21)31(40)38(29(28)23-14-13-20(34)16-24(23)35)26-12-8-7-11-25(26)37-47(4,42)43/h5-6,9-10,13-16,18,25-26,28-29,37H,7-8,11-12,17H2,1-4H3,(H,36,39)/t25-,26-,28+,29-/m0/s1. The van der Waals surface area contributed by atoms with E-state index < -0.39 is 51.5 Å². The number of hydrogen-bond acceptors (Lipinski definition) is 8. The van der Waals surface area contributed by atoms with Crippen LogP contribution in [0.25, 0.3) is 0 Å². The fraction of sp³-hybridized carbons (Fsp3) is 0.424. The number of sulfonamides is 1. The van der Waals surface area contributed by atoms with Crippen molar-refractivity contribution in [2.75, 3.05) is 6.26 Å². The highest BCUT2D eigenvalue weighted by atomic mass is 35.5. The van der Waals surface area contributed by atoms with E-state index in [-0.39, 0.29) is 17.5 Å². The van der Waals surface area contributed by atoms with Crippen LogP contribution in [0.1, 0.15) is 95.1 Å². The van der Waals surface area contributed by atoms with E-state index in [0.29, 0.717) is 45.0 Å². The third-order valence-electron chi connectivity index (χ3n) is 8.06. The van der Waals surface area contributed by atoms with Gasteiger partial charge in [0, 0.05) is 27.7 Å². The predicted molar refractivity (Wildman–Crippen MR) is 181 cm³/mol. The van der Waals surface area contributed by atoms with Gasteiger partial charge in [0.15, 0.2) is 0 Å². The number of hydroxylamine groups is 1. The first-order valence-electron chi connectivity index (χ1n) is 15.2. The van der Waals surface area contributed by atoms with Crippen LogP contribution in [-0.2, 0) is 31.0 Å². The zero-order valence-corrected chi connectivity index (χ0v) is 29.6. The molecule has 252 valence electrons. The number of benzene rings is 2. The molecular formula is C33H37Cl2N3O7S2. The highest BCUT2D eigenvalue weighted by Crippen LogP contribution is 2.48. The van der Waals surface area contributed by atoms with Gasteiger partial charge in [-0.25, -0.2) is 23.4 Å². The number of amides is 2. The topological polar surface area (TPSA) is 131 Å². The Hall–Kier alpha value is -3.00. The molecule has 2 amide bonds. The first-order valence-corrected chi connectivity index (χ1v) is 18.7. The number of rotatable bonds is 9. The van der Waals surface area contributed by atoms with Gasteiger partial charge >= 0.3 is 5.97 Å². The monoisotopic (exact) mass is 721 g/mol. The molecule has 47 heavy (non-hydrogen) atoms.